The molecule has 2 saturated heterocycles. The molecule has 2 aliphatic rings. The maximum Gasteiger partial charge on any atom is 0.350 e. The van der Waals surface area contributed by atoms with Crippen LogP contribution in [-0.4, -0.2) is 96.8 Å². The fourth-order valence-electron chi connectivity index (χ4n) is 6.38. The van der Waals surface area contributed by atoms with E-state index in [2.05, 4.69) is 37.1 Å². The molecule has 0 saturated carbocycles. The molecule has 2 aliphatic heterocycles. The van der Waals surface area contributed by atoms with E-state index in [1.807, 2.05) is 50.2 Å². The maximum atomic E-state index is 14.9. The van der Waals surface area contributed by atoms with Gasteiger partial charge in [0.2, 0.25) is 5.79 Å². The Bertz CT molecular complexity index is 2190. The summed E-state index contributed by atoms with van der Waals surface area (Å²) in [7, 11) is 0. The number of nitrogens with zero attached hydrogens (tertiary/aromatic N) is 8. The average molecular weight is 789 g/mol. The first-order valence-corrected chi connectivity index (χ1v) is 18.2. The van der Waals surface area contributed by atoms with E-state index >= 15 is 0 Å². The predicted octanol–water partition coefficient (Wildman–Crippen LogP) is 4.26. The van der Waals surface area contributed by atoms with Crippen LogP contribution < -0.4 is 20.2 Å². The van der Waals surface area contributed by atoms with Crippen LogP contribution in [-0.2, 0) is 31.4 Å². The summed E-state index contributed by atoms with van der Waals surface area (Å²) in [6, 6.07) is 19.3. The number of carboxylic acids is 2. The van der Waals surface area contributed by atoms with Gasteiger partial charge in [-0.05, 0) is 74.0 Å². The van der Waals surface area contributed by atoms with Crippen molar-refractivity contribution in [2.24, 2.45) is 0 Å². The quantitative estimate of drug-likeness (QED) is 0.162. The molecule has 3 aromatic carbocycles. The second kappa shape index (κ2) is 18.0. The number of hydrogen-bond acceptors (Lipinski definition) is 11. The van der Waals surface area contributed by atoms with E-state index in [-0.39, 0.29) is 37.1 Å². The van der Waals surface area contributed by atoms with E-state index in [9.17, 15) is 23.2 Å². The maximum absolute atomic E-state index is 14.9. The smallest absolute Gasteiger partial charge is 0.350 e. The summed E-state index contributed by atoms with van der Waals surface area (Å²) >= 11 is 0. The van der Waals surface area contributed by atoms with Crippen molar-refractivity contribution in [1.82, 2.24) is 29.1 Å². The fraction of sp³-hybridized carbons (Fsp3) is 0.333. The Balaban J connectivity index is 0.000000622. The van der Waals surface area contributed by atoms with Gasteiger partial charge in [0.15, 0.2) is 0 Å². The third kappa shape index (κ3) is 9.89. The van der Waals surface area contributed by atoms with Crippen LogP contribution in [0.25, 0.3) is 5.69 Å². The molecule has 0 bridgehead atoms. The minimum absolute atomic E-state index is 0.0334. The van der Waals surface area contributed by atoms with Gasteiger partial charge in [0, 0.05) is 61.3 Å². The normalized spacial score (nSPS) is 18.6. The number of aromatic nitrogens is 6. The number of aliphatic carboxylic acids is 2. The van der Waals surface area contributed by atoms with Gasteiger partial charge in [-0.25, -0.2) is 42.1 Å². The first-order valence-electron chi connectivity index (χ1n) is 18.2. The topological polar surface area (TPSA) is 179 Å². The number of hydrogen-bond donors (Lipinski definition) is 2. The second-order valence-corrected chi connectivity index (χ2v) is 13.3. The second-order valence-electron chi connectivity index (χ2n) is 13.3. The summed E-state index contributed by atoms with van der Waals surface area (Å²) < 4.78 is 51.4. The molecule has 1 unspecified atom stereocenters. The molecule has 16 nitrogen and oxygen atoms in total. The van der Waals surface area contributed by atoms with E-state index in [1.54, 1.807) is 10.9 Å². The lowest BCUT2D eigenvalue weighted by molar-refractivity contribution is -0.192. The number of ether oxygens (including phenoxy) is 3. The third-order valence-corrected chi connectivity index (χ3v) is 9.52. The van der Waals surface area contributed by atoms with E-state index < -0.39 is 35.5 Å². The predicted molar refractivity (Wildman–Crippen MR) is 202 cm³/mol. The summed E-state index contributed by atoms with van der Waals surface area (Å²) in [5, 5.41) is 24.0. The highest BCUT2D eigenvalue weighted by Crippen LogP contribution is 2.38. The summed E-state index contributed by atoms with van der Waals surface area (Å²) in [6.45, 7) is 7.80. The van der Waals surface area contributed by atoms with Crippen molar-refractivity contribution < 1.29 is 42.8 Å². The zero-order chi connectivity index (χ0) is 40.5. The summed E-state index contributed by atoms with van der Waals surface area (Å²) in [6.07, 6.45) is 5.88. The zero-order valence-electron chi connectivity index (χ0n) is 31.2. The largest absolute Gasteiger partial charge is 0.491 e. The lowest BCUT2D eigenvalue weighted by Gasteiger charge is -2.37. The molecule has 0 spiro atoms. The minimum Gasteiger partial charge on any atom is -0.491 e. The van der Waals surface area contributed by atoms with Gasteiger partial charge in [-0.2, -0.15) is 10.2 Å². The molecule has 7 rings (SSSR count). The number of rotatable bonds is 13. The Morgan fingerprint density at radius 1 is 0.912 bits per heavy atom. The van der Waals surface area contributed by atoms with Crippen LogP contribution in [0.15, 0.2) is 103 Å². The Morgan fingerprint density at radius 2 is 1.53 bits per heavy atom. The number of benzene rings is 3. The molecule has 2 fully saturated rings. The van der Waals surface area contributed by atoms with E-state index in [1.165, 1.54) is 34.2 Å². The molecular formula is C39H42F2N8O8. The van der Waals surface area contributed by atoms with Gasteiger partial charge in [0.1, 0.15) is 55.6 Å². The molecule has 5 aromatic rings. The summed E-state index contributed by atoms with van der Waals surface area (Å²) in [5.74, 6) is -4.81. The zero-order valence-corrected chi connectivity index (χ0v) is 31.2. The van der Waals surface area contributed by atoms with E-state index in [0.29, 0.717) is 17.9 Å². The van der Waals surface area contributed by atoms with Gasteiger partial charge in [0.05, 0.1) is 18.3 Å². The molecule has 300 valence electrons. The van der Waals surface area contributed by atoms with Crippen LogP contribution in [0.5, 0.6) is 5.75 Å². The Labute approximate surface area is 325 Å². The molecule has 18 heteroatoms. The standard InChI is InChI=1S/C35H38F2N8O4.C4H4O4/c1-3-25(2)45-34(46)44(24-40-45)29-7-5-27(6-8-29)41-14-16-42(17-15-41)28-9-11-30(12-10-28)47-19-31-20-48-35(49-31,21-43-23-38-22-39-43)32-13-4-26(36)18-33(32)37;5-3(6)1-2-4(7)8/h4-13,18,22-25,31H,3,14-17,19-21H2,1-2H3;1-2H,(H,5,6)(H,7,8)/b;2-1-/t25?,31-,35-;/m0./s1. The highest BCUT2D eigenvalue weighted by Gasteiger charge is 2.46. The van der Waals surface area contributed by atoms with Crippen LogP contribution in [0, 0.1) is 11.6 Å². The highest BCUT2D eigenvalue weighted by atomic mass is 19.1. The molecule has 0 radical (unpaired) electrons. The van der Waals surface area contributed by atoms with Crippen LogP contribution >= 0.6 is 0 Å². The molecule has 0 amide bonds. The molecule has 2 N–H and O–H groups in total. The number of halogens is 2. The van der Waals surface area contributed by atoms with Gasteiger partial charge in [-0.3, -0.25) is 0 Å². The van der Waals surface area contributed by atoms with E-state index in [4.69, 9.17) is 24.4 Å². The van der Waals surface area contributed by atoms with Gasteiger partial charge < -0.3 is 34.2 Å². The first kappa shape index (κ1) is 40.3. The van der Waals surface area contributed by atoms with Crippen LogP contribution in [0.1, 0.15) is 31.9 Å². The molecule has 2 aromatic heterocycles. The minimum atomic E-state index is -1.51. The lowest BCUT2D eigenvalue weighted by Crippen LogP contribution is -2.46. The summed E-state index contributed by atoms with van der Waals surface area (Å²) in [4.78, 5) is 40.5. The highest BCUT2D eigenvalue weighted by molar-refractivity contribution is 5.89. The Morgan fingerprint density at radius 3 is 2.09 bits per heavy atom. The van der Waals surface area contributed by atoms with E-state index in [0.717, 1.165) is 55.7 Å². The Hall–Kier alpha value is -6.40. The van der Waals surface area contributed by atoms with Gasteiger partial charge >= 0.3 is 17.6 Å². The Kier molecular flexibility index (Phi) is 12.7. The average Bonchev–Trinajstić information content (AvgIpc) is 3.98. The van der Waals surface area contributed by atoms with Crippen molar-refractivity contribution in [2.75, 3.05) is 49.2 Å². The number of carboxylic acid groups (broad SMARTS) is 2. The molecule has 0 aliphatic carbocycles. The number of anilines is 2. The van der Waals surface area contributed by atoms with Crippen LogP contribution in [0.3, 0.4) is 0 Å². The number of carbonyl (C=O) groups is 2. The molecule has 3 atom stereocenters. The SMILES string of the molecule is CCC(C)n1ncn(-c2ccc(N3CCN(c4ccc(OC[C@H]5CO[C@](Cn6cncn6)(c6ccc(F)cc6F)O5)cc4)CC3)cc2)c1=O.O=C(O)/C=C\C(=O)O. The molecule has 57 heavy (non-hydrogen) atoms. The first-order chi connectivity index (χ1) is 27.4. The van der Waals surface area contributed by atoms with Crippen LogP contribution in [0.2, 0.25) is 0 Å². The molecule has 4 heterocycles. The number of piperazine rings is 1. The fourth-order valence-corrected chi connectivity index (χ4v) is 6.38. The van der Waals surface area contributed by atoms with Crippen molar-refractivity contribution in [3.05, 3.63) is 126 Å². The van der Waals surface area contributed by atoms with Crippen molar-refractivity contribution >= 4 is 23.3 Å². The summed E-state index contributed by atoms with van der Waals surface area (Å²) in [5.41, 5.74) is 2.95. The van der Waals surface area contributed by atoms with Gasteiger partial charge in [-0.15, -0.1) is 0 Å². The lowest BCUT2D eigenvalue weighted by atomic mass is 10.0. The van der Waals surface area contributed by atoms with Crippen molar-refractivity contribution in [3.8, 4) is 11.4 Å². The van der Waals surface area contributed by atoms with Crippen molar-refractivity contribution in [1.29, 1.82) is 0 Å². The molecular weight excluding hydrogens is 746 g/mol. The van der Waals surface area contributed by atoms with Gasteiger partial charge in [-0.1, -0.05) is 6.92 Å². The van der Waals surface area contributed by atoms with Crippen molar-refractivity contribution in [2.45, 2.75) is 44.7 Å². The van der Waals surface area contributed by atoms with Crippen molar-refractivity contribution in [3.63, 3.8) is 0 Å². The monoisotopic (exact) mass is 788 g/mol. The van der Waals surface area contributed by atoms with Gasteiger partial charge in [0.25, 0.3) is 0 Å². The third-order valence-electron chi connectivity index (χ3n) is 9.52. The van der Waals surface area contributed by atoms with Crippen LogP contribution in [0.4, 0.5) is 20.2 Å².